The molecule has 0 aromatic heterocycles. The summed E-state index contributed by atoms with van der Waals surface area (Å²) in [6.07, 6.45) is 25.3. The number of cyclic esters (lactones) is 1. The lowest BCUT2D eigenvalue weighted by Crippen LogP contribution is -2.40. The van der Waals surface area contributed by atoms with Crippen molar-refractivity contribution < 1.29 is 28.5 Å². The van der Waals surface area contributed by atoms with Gasteiger partial charge in [-0.3, -0.25) is 0 Å². The molecule has 0 spiro atoms. The quantitative estimate of drug-likeness (QED) is 0.0186. The Bertz CT molecular complexity index is 1950. The summed E-state index contributed by atoms with van der Waals surface area (Å²) in [5.74, 6) is 1.21. The van der Waals surface area contributed by atoms with Crippen molar-refractivity contribution in [3.63, 3.8) is 0 Å². The number of unbranched alkanes of at least 4 members (excludes halogenated alkanes) is 17. The molecule has 1 heterocycles. The number of carbonyl (C=O) groups excluding carboxylic acids is 1. The van der Waals surface area contributed by atoms with Gasteiger partial charge in [0.15, 0.2) is 5.60 Å². The minimum atomic E-state index is -0.861. The second kappa shape index (κ2) is 28.0. The van der Waals surface area contributed by atoms with Crippen LogP contribution >= 0.6 is 0 Å². The van der Waals surface area contributed by atoms with Crippen molar-refractivity contribution in [3.05, 3.63) is 179 Å². The van der Waals surface area contributed by atoms with Crippen molar-refractivity contribution in [1.29, 1.82) is 0 Å². The van der Waals surface area contributed by atoms with Crippen LogP contribution in [0.3, 0.4) is 0 Å². The molecule has 1 aliphatic rings. The van der Waals surface area contributed by atoms with Crippen LogP contribution < -0.4 is 9.47 Å². The highest BCUT2D eigenvalue weighted by Crippen LogP contribution is 2.41. The molecule has 1 fully saturated rings. The van der Waals surface area contributed by atoms with Crippen LogP contribution in [0.4, 0.5) is 0 Å². The van der Waals surface area contributed by atoms with E-state index in [9.17, 15) is 4.79 Å². The number of hydrogen-bond donors (Lipinski definition) is 0. The summed E-state index contributed by atoms with van der Waals surface area (Å²) in [5, 5.41) is 0. The van der Waals surface area contributed by atoms with E-state index < -0.39 is 11.2 Å². The third-order valence-corrected chi connectivity index (χ3v) is 12.7. The maximum atomic E-state index is 13.1. The highest BCUT2D eigenvalue weighted by molar-refractivity contribution is 5.91. The number of allylic oxidation sites excluding steroid dienone is 1. The summed E-state index contributed by atoms with van der Waals surface area (Å²) in [6.45, 7) is 1.67. The van der Waals surface area contributed by atoms with Crippen molar-refractivity contribution in [1.82, 2.24) is 0 Å². The van der Waals surface area contributed by atoms with Crippen molar-refractivity contribution in [2.75, 3.05) is 26.9 Å². The average Bonchev–Trinajstić information content (AvgIpc) is 3.68. The zero-order chi connectivity index (χ0) is 45.1. The topological polar surface area (TPSA) is 63.2 Å². The van der Waals surface area contributed by atoms with Crippen LogP contribution in [-0.2, 0) is 31.2 Å². The van der Waals surface area contributed by atoms with Crippen molar-refractivity contribution in [3.8, 4) is 11.5 Å². The van der Waals surface area contributed by atoms with Gasteiger partial charge in [-0.05, 0) is 65.8 Å². The monoisotopic (exact) mass is 879 g/mol. The molecule has 0 saturated carbocycles. The lowest BCUT2D eigenvalue weighted by Gasteiger charge is -2.36. The zero-order valence-corrected chi connectivity index (χ0v) is 39.1. The molecule has 0 bridgehead atoms. The summed E-state index contributed by atoms with van der Waals surface area (Å²) in [7, 11) is 1.64. The smallest absolute Gasteiger partial charge is 0.334 e. The minimum Gasteiger partial charge on any atom is -0.497 e. The van der Waals surface area contributed by atoms with Gasteiger partial charge in [0.1, 0.15) is 23.7 Å². The number of carbonyl (C=O) groups is 1. The summed E-state index contributed by atoms with van der Waals surface area (Å²) in [5.41, 5.74) is 3.85. The van der Waals surface area contributed by atoms with Gasteiger partial charge >= 0.3 is 5.97 Å². The molecule has 0 radical (unpaired) electrons. The second-order valence-electron chi connectivity index (χ2n) is 17.8. The summed E-state index contributed by atoms with van der Waals surface area (Å²) >= 11 is 0. The summed E-state index contributed by atoms with van der Waals surface area (Å²) < 4.78 is 30.5. The molecule has 6 heteroatoms. The van der Waals surface area contributed by atoms with E-state index in [0.29, 0.717) is 18.8 Å². The van der Waals surface area contributed by atoms with E-state index in [1.807, 2.05) is 54.6 Å². The first-order chi connectivity index (χ1) is 32.1. The molecule has 0 aliphatic carbocycles. The van der Waals surface area contributed by atoms with Crippen LogP contribution in [0.15, 0.2) is 157 Å². The molecule has 1 unspecified atom stereocenters. The standard InChI is InChI=1S/C59H74O6/c1-61-55-41-43-56(44-42-55)63-49-58(48-62-47-50-32-22-18-23-33-50)46-51(57(60)65-58)34-24-16-14-12-10-8-6-4-2-3-5-7-9-11-13-15-17-31-45-64-59(52-35-25-19-26-36-52,53-37-27-20-28-38-53)54-39-29-21-30-40-54/h18-23,25-30,32-44H,2-17,24,31,45-49H2,1H3/b51-34+. The highest BCUT2D eigenvalue weighted by atomic mass is 16.6. The molecule has 0 N–H and O–H groups in total. The van der Waals surface area contributed by atoms with E-state index in [4.69, 9.17) is 23.7 Å². The molecular weight excluding hydrogens is 805 g/mol. The first-order valence-corrected chi connectivity index (χ1v) is 24.7. The Morgan fingerprint density at radius 1 is 0.523 bits per heavy atom. The van der Waals surface area contributed by atoms with E-state index in [0.717, 1.165) is 42.8 Å². The van der Waals surface area contributed by atoms with Gasteiger partial charge < -0.3 is 23.7 Å². The molecule has 346 valence electrons. The van der Waals surface area contributed by atoms with E-state index in [1.165, 1.54) is 113 Å². The third-order valence-electron chi connectivity index (χ3n) is 12.7. The lowest BCUT2D eigenvalue weighted by molar-refractivity contribution is -0.156. The molecule has 5 aromatic rings. The molecule has 1 saturated heterocycles. The van der Waals surface area contributed by atoms with E-state index in [2.05, 4.69) is 97.1 Å². The number of methoxy groups -OCH3 is 1. The van der Waals surface area contributed by atoms with E-state index in [1.54, 1.807) is 7.11 Å². The molecular formula is C59H74O6. The Kier molecular flexibility index (Phi) is 21.2. The van der Waals surface area contributed by atoms with Gasteiger partial charge in [-0.15, -0.1) is 0 Å². The SMILES string of the molecule is COc1ccc(OCC2(COCc3ccccc3)C/C(=C\CCCCCCCCCCCCCCCCCCCOC(c3ccccc3)(c3ccccc3)c3ccccc3)C(=O)O2)cc1. The summed E-state index contributed by atoms with van der Waals surface area (Å²) in [4.78, 5) is 13.1. The molecule has 65 heavy (non-hydrogen) atoms. The van der Waals surface area contributed by atoms with Gasteiger partial charge in [0.2, 0.25) is 0 Å². The second-order valence-corrected chi connectivity index (χ2v) is 17.8. The molecule has 5 aromatic carbocycles. The minimum absolute atomic E-state index is 0.221. The fraction of sp³-hybridized carbons (Fsp3) is 0.441. The van der Waals surface area contributed by atoms with Gasteiger partial charge in [0, 0.05) is 18.6 Å². The zero-order valence-electron chi connectivity index (χ0n) is 39.1. The number of esters is 1. The van der Waals surface area contributed by atoms with Gasteiger partial charge in [-0.2, -0.15) is 0 Å². The summed E-state index contributed by atoms with van der Waals surface area (Å²) in [6, 6.07) is 49.6. The predicted octanol–water partition coefficient (Wildman–Crippen LogP) is 14.9. The van der Waals surface area contributed by atoms with Gasteiger partial charge in [0.05, 0.1) is 20.3 Å². The highest BCUT2D eigenvalue weighted by Gasteiger charge is 2.45. The lowest BCUT2D eigenvalue weighted by atomic mass is 9.80. The maximum absolute atomic E-state index is 13.1. The first-order valence-electron chi connectivity index (χ1n) is 24.7. The van der Waals surface area contributed by atoms with Crippen molar-refractivity contribution in [2.24, 2.45) is 0 Å². The molecule has 6 nitrogen and oxygen atoms in total. The molecule has 1 aliphatic heterocycles. The Hall–Kier alpha value is -5.17. The average molecular weight is 879 g/mol. The maximum Gasteiger partial charge on any atom is 0.334 e. The van der Waals surface area contributed by atoms with E-state index >= 15 is 0 Å². The molecule has 0 amide bonds. The number of benzene rings is 5. The van der Waals surface area contributed by atoms with Crippen molar-refractivity contribution in [2.45, 2.75) is 140 Å². The Labute approximate surface area is 390 Å². The molecule has 1 atom stereocenters. The van der Waals surface area contributed by atoms with E-state index in [-0.39, 0.29) is 19.2 Å². The predicted molar refractivity (Wildman–Crippen MR) is 264 cm³/mol. The van der Waals surface area contributed by atoms with Gasteiger partial charge in [0.25, 0.3) is 0 Å². The van der Waals surface area contributed by atoms with Crippen LogP contribution in [0.2, 0.25) is 0 Å². The third kappa shape index (κ3) is 16.0. The van der Waals surface area contributed by atoms with Gasteiger partial charge in [-0.25, -0.2) is 4.79 Å². The van der Waals surface area contributed by atoms with Gasteiger partial charge in [-0.1, -0.05) is 224 Å². The van der Waals surface area contributed by atoms with Crippen LogP contribution in [0.1, 0.15) is 144 Å². The normalized spacial score (nSPS) is 15.6. The number of ether oxygens (including phenoxy) is 5. The Morgan fingerprint density at radius 2 is 0.954 bits per heavy atom. The van der Waals surface area contributed by atoms with Crippen LogP contribution in [0.5, 0.6) is 11.5 Å². The van der Waals surface area contributed by atoms with Crippen LogP contribution in [-0.4, -0.2) is 38.5 Å². The Balaban J connectivity index is 0.770. The fourth-order valence-electron chi connectivity index (χ4n) is 9.06. The number of rotatable bonds is 32. The fourth-order valence-corrected chi connectivity index (χ4v) is 9.06. The molecule has 6 rings (SSSR count). The largest absolute Gasteiger partial charge is 0.497 e. The Morgan fingerprint density at radius 3 is 1.43 bits per heavy atom. The van der Waals surface area contributed by atoms with Crippen LogP contribution in [0, 0.1) is 0 Å². The van der Waals surface area contributed by atoms with Crippen LogP contribution in [0.25, 0.3) is 0 Å². The number of hydrogen-bond acceptors (Lipinski definition) is 6. The van der Waals surface area contributed by atoms with Crippen molar-refractivity contribution >= 4 is 5.97 Å². The first kappa shape index (κ1) is 49.3.